The van der Waals surface area contributed by atoms with Gasteiger partial charge >= 0.3 is 0 Å². The topological polar surface area (TPSA) is 29.9 Å². The van der Waals surface area contributed by atoms with E-state index in [1.54, 1.807) is 0 Å². The second kappa shape index (κ2) is 6.80. The van der Waals surface area contributed by atoms with Gasteiger partial charge in [0.05, 0.1) is 5.69 Å². The molecule has 98 valence electrons. The fraction of sp³-hybridized carbons (Fsp3) is 0.786. The van der Waals surface area contributed by atoms with Crippen LogP contribution in [0.1, 0.15) is 46.0 Å². The highest BCUT2D eigenvalue weighted by Gasteiger charge is 2.15. The summed E-state index contributed by atoms with van der Waals surface area (Å²) in [5, 5.41) is 8.10. The molecule has 0 fully saturated rings. The molecule has 1 heterocycles. The molecule has 0 amide bonds. The number of rotatable bonds is 7. The molecule has 0 aliphatic carbocycles. The molecule has 3 heteroatoms. The molecule has 0 radical (unpaired) electrons. The predicted octanol–water partition coefficient (Wildman–Crippen LogP) is 2.64. The number of hydrogen-bond donors (Lipinski definition) is 1. The monoisotopic (exact) mass is 237 g/mol. The molecule has 0 saturated carbocycles. The van der Waals surface area contributed by atoms with Crippen molar-refractivity contribution in [3.8, 4) is 0 Å². The predicted molar refractivity (Wildman–Crippen MR) is 73.3 cm³/mol. The van der Waals surface area contributed by atoms with Crippen molar-refractivity contribution in [3.63, 3.8) is 0 Å². The lowest BCUT2D eigenvalue weighted by Gasteiger charge is -2.20. The lowest BCUT2D eigenvalue weighted by atomic mass is 9.97. The number of hydrogen-bond acceptors (Lipinski definition) is 2. The van der Waals surface area contributed by atoms with Crippen LogP contribution >= 0.6 is 0 Å². The number of aromatic nitrogens is 2. The Hall–Kier alpha value is -0.830. The highest BCUT2D eigenvalue weighted by atomic mass is 15.3. The SMILES string of the molecule is CCNC(C)C(C)Cc1cc(CC)nn1CC. The largest absolute Gasteiger partial charge is 0.314 e. The zero-order valence-corrected chi connectivity index (χ0v) is 12.0. The van der Waals surface area contributed by atoms with Crippen molar-refractivity contribution in [3.05, 3.63) is 17.5 Å². The minimum Gasteiger partial charge on any atom is -0.314 e. The molecule has 1 aromatic heterocycles. The highest BCUT2D eigenvalue weighted by Crippen LogP contribution is 2.14. The summed E-state index contributed by atoms with van der Waals surface area (Å²) in [6.07, 6.45) is 2.13. The summed E-state index contributed by atoms with van der Waals surface area (Å²) < 4.78 is 2.15. The molecule has 0 aliphatic rings. The molecule has 17 heavy (non-hydrogen) atoms. The normalized spacial score (nSPS) is 14.9. The van der Waals surface area contributed by atoms with Crippen LogP contribution in [0.4, 0.5) is 0 Å². The Morgan fingerprint density at radius 2 is 2.00 bits per heavy atom. The summed E-state index contributed by atoms with van der Waals surface area (Å²) in [5.41, 5.74) is 2.59. The van der Waals surface area contributed by atoms with Crippen LogP contribution in [-0.4, -0.2) is 22.4 Å². The minimum absolute atomic E-state index is 0.560. The number of nitrogens with zero attached hydrogens (tertiary/aromatic N) is 2. The molecule has 0 aliphatic heterocycles. The molecule has 0 bridgehead atoms. The molecule has 0 aromatic carbocycles. The van der Waals surface area contributed by atoms with Crippen LogP contribution in [0.2, 0.25) is 0 Å². The van der Waals surface area contributed by atoms with E-state index in [1.165, 1.54) is 11.4 Å². The van der Waals surface area contributed by atoms with Gasteiger partial charge in [-0.25, -0.2) is 0 Å². The van der Waals surface area contributed by atoms with E-state index < -0.39 is 0 Å². The third kappa shape index (κ3) is 3.84. The quantitative estimate of drug-likeness (QED) is 0.790. The summed E-state index contributed by atoms with van der Waals surface area (Å²) in [7, 11) is 0. The lowest BCUT2D eigenvalue weighted by Crippen LogP contribution is -2.33. The Morgan fingerprint density at radius 3 is 2.53 bits per heavy atom. The Balaban J connectivity index is 2.69. The van der Waals surface area contributed by atoms with Gasteiger partial charge in [-0.1, -0.05) is 20.8 Å². The fourth-order valence-corrected chi connectivity index (χ4v) is 2.16. The average Bonchev–Trinajstić information content (AvgIpc) is 2.71. The van der Waals surface area contributed by atoms with Gasteiger partial charge in [0.25, 0.3) is 0 Å². The molecule has 1 rings (SSSR count). The van der Waals surface area contributed by atoms with Gasteiger partial charge in [-0.2, -0.15) is 5.10 Å². The van der Waals surface area contributed by atoms with Crippen LogP contribution < -0.4 is 5.32 Å². The maximum Gasteiger partial charge on any atom is 0.0624 e. The third-order valence-corrected chi connectivity index (χ3v) is 3.49. The molecule has 2 unspecified atom stereocenters. The van der Waals surface area contributed by atoms with Gasteiger partial charge in [-0.15, -0.1) is 0 Å². The summed E-state index contributed by atoms with van der Waals surface area (Å²) in [6.45, 7) is 13.1. The van der Waals surface area contributed by atoms with Crippen molar-refractivity contribution in [2.24, 2.45) is 5.92 Å². The van der Waals surface area contributed by atoms with Crippen LogP contribution in [0.5, 0.6) is 0 Å². The van der Waals surface area contributed by atoms with Crippen molar-refractivity contribution in [1.29, 1.82) is 0 Å². The van der Waals surface area contributed by atoms with Crippen molar-refractivity contribution in [2.75, 3.05) is 6.54 Å². The van der Waals surface area contributed by atoms with Crippen LogP contribution in [0.3, 0.4) is 0 Å². The summed E-state index contributed by atoms with van der Waals surface area (Å²) >= 11 is 0. The van der Waals surface area contributed by atoms with E-state index in [0.29, 0.717) is 12.0 Å². The zero-order valence-electron chi connectivity index (χ0n) is 12.0. The van der Waals surface area contributed by atoms with E-state index in [0.717, 1.165) is 25.9 Å². The van der Waals surface area contributed by atoms with Gasteiger partial charge in [0, 0.05) is 18.3 Å². The van der Waals surface area contributed by atoms with Gasteiger partial charge in [0.15, 0.2) is 0 Å². The van der Waals surface area contributed by atoms with Gasteiger partial charge in [-0.05, 0) is 45.2 Å². The van der Waals surface area contributed by atoms with Gasteiger partial charge in [-0.3, -0.25) is 4.68 Å². The van der Waals surface area contributed by atoms with Crippen molar-refractivity contribution in [1.82, 2.24) is 15.1 Å². The molecular weight excluding hydrogens is 210 g/mol. The van der Waals surface area contributed by atoms with Crippen molar-refractivity contribution < 1.29 is 0 Å². The van der Waals surface area contributed by atoms with E-state index in [9.17, 15) is 0 Å². The first kappa shape index (κ1) is 14.2. The molecule has 1 N–H and O–H groups in total. The van der Waals surface area contributed by atoms with Gasteiger partial charge in [0.2, 0.25) is 0 Å². The minimum atomic E-state index is 0.560. The smallest absolute Gasteiger partial charge is 0.0624 e. The van der Waals surface area contributed by atoms with Gasteiger partial charge in [0.1, 0.15) is 0 Å². The number of aryl methyl sites for hydroxylation is 2. The Bertz CT molecular complexity index is 330. The van der Waals surface area contributed by atoms with E-state index in [-0.39, 0.29) is 0 Å². The Morgan fingerprint density at radius 1 is 1.29 bits per heavy atom. The maximum atomic E-state index is 4.60. The molecule has 2 atom stereocenters. The van der Waals surface area contributed by atoms with Crippen LogP contribution in [0.15, 0.2) is 6.07 Å². The van der Waals surface area contributed by atoms with Crippen LogP contribution in [0, 0.1) is 5.92 Å². The maximum absolute atomic E-state index is 4.60. The summed E-state index contributed by atoms with van der Waals surface area (Å²) in [6, 6.07) is 2.82. The van der Waals surface area contributed by atoms with Crippen LogP contribution in [-0.2, 0) is 19.4 Å². The summed E-state index contributed by atoms with van der Waals surface area (Å²) in [4.78, 5) is 0. The van der Waals surface area contributed by atoms with E-state index in [1.807, 2.05) is 0 Å². The first-order valence-electron chi connectivity index (χ1n) is 6.91. The molecule has 0 saturated heterocycles. The standard InChI is InChI=1S/C14H27N3/c1-6-13-10-14(17(8-3)16-13)9-11(4)12(5)15-7-2/h10-12,15H,6-9H2,1-5H3. The van der Waals surface area contributed by atoms with Gasteiger partial charge < -0.3 is 5.32 Å². The number of nitrogens with one attached hydrogen (secondary N) is 1. The van der Waals surface area contributed by atoms with Crippen molar-refractivity contribution >= 4 is 0 Å². The first-order chi connectivity index (χ1) is 8.12. The second-order valence-corrected chi connectivity index (χ2v) is 4.82. The first-order valence-corrected chi connectivity index (χ1v) is 6.91. The van der Waals surface area contributed by atoms with E-state index in [2.05, 4.69) is 55.8 Å². The second-order valence-electron chi connectivity index (χ2n) is 4.82. The molecular formula is C14H27N3. The highest BCUT2D eigenvalue weighted by molar-refractivity contribution is 5.11. The van der Waals surface area contributed by atoms with Crippen LogP contribution in [0.25, 0.3) is 0 Å². The summed E-state index contributed by atoms with van der Waals surface area (Å²) in [5.74, 6) is 0.640. The lowest BCUT2D eigenvalue weighted by molar-refractivity contribution is 0.396. The zero-order chi connectivity index (χ0) is 12.8. The third-order valence-electron chi connectivity index (χ3n) is 3.49. The Kier molecular flexibility index (Phi) is 5.69. The molecule has 3 nitrogen and oxygen atoms in total. The fourth-order valence-electron chi connectivity index (χ4n) is 2.16. The van der Waals surface area contributed by atoms with E-state index >= 15 is 0 Å². The average molecular weight is 237 g/mol. The molecule has 0 spiro atoms. The molecule has 1 aromatic rings. The Labute approximate surface area is 106 Å². The van der Waals surface area contributed by atoms with Crippen molar-refractivity contribution in [2.45, 2.75) is 60.0 Å². The van der Waals surface area contributed by atoms with E-state index in [4.69, 9.17) is 0 Å².